The normalized spacial score (nSPS) is 30.2. The van der Waals surface area contributed by atoms with Gasteiger partial charge in [-0.2, -0.15) is 0 Å². The van der Waals surface area contributed by atoms with E-state index in [1.165, 1.54) is 7.11 Å². The standard InChI is InChI=1S/C3H9O4P/c1-5-8(4)6-2-3-7-8/h4,8H,2-3H2,1H3. The fourth-order valence-corrected chi connectivity index (χ4v) is 1.50. The van der Waals surface area contributed by atoms with Gasteiger partial charge in [-0.05, 0) is 0 Å². The fraction of sp³-hybridized carbons (Fsp3) is 1.00. The third-order valence-electron chi connectivity index (χ3n) is 0.910. The molecule has 1 aliphatic heterocycles. The zero-order valence-corrected chi connectivity index (χ0v) is 5.59. The van der Waals surface area contributed by atoms with Crippen molar-refractivity contribution in [3.8, 4) is 0 Å². The maximum atomic E-state index is 8.97. The zero-order chi connectivity index (χ0) is 6.04. The molecule has 0 atom stereocenters. The zero-order valence-electron chi connectivity index (χ0n) is 4.59. The summed E-state index contributed by atoms with van der Waals surface area (Å²) in [5.41, 5.74) is 0. The predicted octanol–water partition coefficient (Wildman–Crippen LogP) is 0.0818. The molecule has 1 saturated heterocycles. The molecule has 0 bridgehead atoms. The van der Waals surface area contributed by atoms with E-state index in [0.29, 0.717) is 13.2 Å². The molecule has 5 heteroatoms. The molecule has 8 heavy (non-hydrogen) atoms. The molecule has 4 nitrogen and oxygen atoms in total. The second-order valence-electron chi connectivity index (χ2n) is 1.42. The van der Waals surface area contributed by atoms with Gasteiger partial charge in [0.05, 0.1) is 0 Å². The molecule has 1 heterocycles. The van der Waals surface area contributed by atoms with E-state index in [0.717, 1.165) is 0 Å². The van der Waals surface area contributed by atoms with E-state index in [2.05, 4.69) is 4.52 Å². The predicted molar refractivity (Wildman–Crippen MR) is 29.4 cm³/mol. The molecule has 0 aromatic rings. The first kappa shape index (κ1) is 6.39. The van der Waals surface area contributed by atoms with Gasteiger partial charge >= 0.3 is 47.0 Å². The van der Waals surface area contributed by atoms with E-state index in [9.17, 15) is 0 Å². The van der Waals surface area contributed by atoms with Crippen molar-refractivity contribution in [1.29, 1.82) is 0 Å². The van der Waals surface area contributed by atoms with Gasteiger partial charge in [-0.25, -0.2) is 0 Å². The summed E-state index contributed by atoms with van der Waals surface area (Å²) in [6.07, 6.45) is 0. The Morgan fingerprint density at radius 2 is 2.00 bits per heavy atom. The van der Waals surface area contributed by atoms with Crippen molar-refractivity contribution in [3.05, 3.63) is 0 Å². The molecule has 1 rings (SSSR count). The van der Waals surface area contributed by atoms with Gasteiger partial charge in [-0.3, -0.25) is 0 Å². The van der Waals surface area contributed by atoms with Crippen LogP contribution in [0.2, 0.25) is 0 Å². The van der Waals surface area contributed by atoms with Crippen LogP contribution in [0.4, 0.5) is 0 Å². The van der Waals surface area contributed by atoms with E-state index in [1.54, 1.807) is 0 Å². The Labute approximate surface area is 48.0 Å². The molecule has 50 valence electrons. The van der Waals surface area contributed by atoms with Gasteiger partial charge in [0.15, 0.2) is 0 Å². The average molecular weight is 140 g/mol. The van der Waals surface area contributed by atoms with Crippen LogP contribution in [0, 0.1) is 0 Å². The van der Waals surface area contributed by atoms with Crippen LogP contribution in [0.5, 0.6) is 0 Å². The van der Waals surface area contributed by atoms with Crippen molar-refractivity contribution in [3.63, 3.8) is 0 Å². The SMILES string of the molecule is CO[PH]1(O)OCCO1. The topological polar surface area (TPSA) is 47.9 Å². The van der Waals surface area contributed by atoms with Crippen LogP contribution >= 0.6 is 8.17 Å². The van der Waals surface area contributed by atoms with Crippen LogP contribution in [0.1, 0.15) is 0 Å². The second-order valence-corrected chi connectivity index (χ2v) is 3.46. The molecule has 1 aliphatic rings. The van der Waals surface area contributed by atoms with Gasteiger partial charge in [0.25, 0.3) is 0 Å². The summed E-state index contributed by atoms with van der Waals surface area (Å²) in [5, 5.41) is 0. The van der Waals surface area contributed by atoms with Gasteiger partial charge in [-0.1, -0.05) is 0 Å². The summed E-state index contributed by atoms with van der Waals surface area (Å²) in [6, 6.07) is 0. The van der Waals surface area contributed by atoms with E-state index < -0.39 is 8.17 Å². The molecule has 0 saturated carbocycles. The van der Waals surface area contributed by atoms with Crippen molar-refractivity contribution in [2.24, 2.45) is 0 Å². The van der Waals surface area contributed by atoms with Crippen molar-refractivity contribution in [2.75, 3.05) is 20.3 Å². The summed E-state index contributed by atoms with van der Waals surface area (Å²) >= 11 is 0. The molecule has 0 aliphatic carbocycles. The fourth-order valence-electron chi connectivity index (χ4n) is 0.501. The molecule has 0 amide bonds. The Hall–Kier alpha value is 0.270. The van der Waals surface area contributed by atoms with Crippen LogP contribution in [-0.4, -0.2) is 25.2 Å². The molecule has 0 radical (unpaired) electrons. The Bertz CT molecular complexity index is 79.4. The monoisotopic (exact) mass is 140 g/mol. The van der Waals surface area contributed by atoms with Gasteiger partial charge in [0.1, 0.15) is 0 Å². The van der Waals surface area contributed by atoms with Crippen molar-refractivity contribution in [1.82, 2.24) is 0 Å². The van der Waals surface area contributed by atoms with Crippen molar-refractivity contribution < 1.29 is 18.5 Å². The van der Waals surface area contributed by atoms with Crippen LogP contribution < -0.4 is 0 Å². The van der Waals surface area contributed by atoms with Crippen molar-refractivity contribution >= 4 is 8.17 Å². The molecule has 0 aromatic heterocycles. The summed E-state index contributed by atoms with van der Waals surface area (Å²) in [6.45, 7) is 0.882. The quantitative estimate of drug-likeness (QED) is 0.524. The van der Waals surface area contributed by atoms with E-state index >= 15 is 0 Å². The molecular weight excluding hydrogens is 131 g/mol. The van der Waals surface area contributed by atoms with Gasteiger partial charge in [-0.15, -0.1) is 0 Å². The maximum absolute atomic E-state index is 8.97. The second kappa shape index (κ2) is 2.25. The first-order valence-electron chi connectivity index (χ1n) is 2.32. The van der Waals surface area contributed by atoms with Crippen LogP contribution in [0.15, 0.2) is 0 Å². The van der Waals surface area contributed by atoms with Crippen LogP contribution in [0.25, 0.3) is 0 Å². The summed E-state index contributed by atoms with van der Waals surface area (Å²) in [5.74, 6) is 0. The van der Waals surface area contributed by atoms with E-state index in [1.807, 2.05) is 0 Å². The Morgan fingerprint density at radius 3 is 2.25 bits per heavy atom. The van der Waals surface area contributed by atoms with Crippen LogP contribution in [-0.2, 0) is 13.6 Å². The first-order chi connectivity index (χ1) is 3.77. The molecular formula is C3H9O4P. The van der Waals surface area contributed by atoms with Gasteiger partial charge in [0.2, 0.25) is 0 Å². The molecule has 0 aromatic carbocycles. The number of hydrogen-bond donors (Lipinski definition) is 1. The third kappa shape index (κ3) is 1.16. The summed E-state index contributed by atoms with van der Waals surface area (Å²) < 4.78 is 14.0. The van der Waals surface area contributed by atoms with Crippen LogP contribution in [0.3, 0.4) is 0 Å². The molecule has 0 spiro atoms. The van der Waals surface area contributed by atoms with E-state index in [4.69, 9.17) is 13.9 Å². The van der Waals surface area contributed by atoms with Gasteiger partial charge < -0.3 is 0 Å². The Balaban J connectivity index is 2.40. The Morgan fingerprint density at radius 1 is 1.50 bits per heavy atom. The summed E-state index contributed by atoms with van der Waals surface area (Å²) in [7, 11) is -1.69. The number of hydrogen-bond acceptors (Lipinski definition) is 4. The first-order valence-corrected chi connectivity index (χ1v) is 3.99. The number of rotatable bonds is 1. The Kier molecular flexibility index (Phi) is 1.80. The molecule has 1 N–H and O–H groups in total. The molecule has 0 unspecified atom stereocenters. The minimum atomic E-state index is -3.06. The van der Waals surface area contributed by atoms with Crippen molar-refractivity contribution in [2.45, 2.75) is 0 Å². The minimum absolute atomic E-state index is 0.441. The van der Waals surface area contributed by atoms with E-state index in [-0.39, 0.29) is 0 Å². The van der Waals surface area contributed by atoms with Gasteiger partial charge in [0, 0.05) is 0 Å². The summed E-state index contributed by atoms with van der Waals surface area (Å²) in [4.78, 5) is 8.97. The third-order valence-corrected chi connectivity index (χ3v) is 2.56. The molecule has 1 fully saturated rings. The average Bonchev–Trinajstić information content (AvgIpc) is 2.17.